The van der Waals surface area contributed by atoms with Crippen LogP contribution in [0.4, 0.5) is 4.79 Å². The first-order valence-corrected chi connectivity index (χ1v) is 15.3. The molecule has 14 heteroatoms. The predicted molar refractivity (Wildman–Crippen MR) is 164 cm³/mol. The zero-order valence-electron chi connectivity index (χ0n) is 26.8. The van der Waals surface area contributed by atoms with Crippen LogP contribution < -0.4 is 10.6 Å². The van der Waals surface area contributed by atoms with Crippen LogP contribution in [0, 0.1) is 0 Å². The number of hydrogen-bond donors (Lipinski definition) is 2. The van der Waals surface area contributed by atoms with E-state index in [2.05, 4.69) is 10.6 Å². The molecule has 0 heterocycles. The second-order valence-corrected chi connectivity index (χ2v) is 9.54. The first-order chi connectivity index (χ1) is 22.1. The molecule has 0 unspecified atom stereocenters. The van der Waals surface area contributed by atoms with Crippen LogP contribution >= 0.6 is 0 Å². The number of nitrogens with one attached hydrogen (secondary N) is 2. The maximum absolute atomic E-state index is 12.3. The average Bonchev–Trinajstić information content (AvgIpc) is 3.05. The number of carbonyl (C=O) groups is 3. The van der Waals surface area contributed by atoms with Crippen LogP contribution in [0.5, 0.6) is 0 Å². The zero-order valence-corrected chi connectivity index (χ0v) is 26.8. The van der Waals surface area contributed by atoms with E-state index in [0.717, 1.165) is 5.56 Å². The van der Waals surface area contributed by atoms with Crippen molar-refractivity contribution in [2.45, 2.75) is 38.3 Å². The third kappa shape index (κ3) is 25.1. The molecule has 1 aromatic rings. The Morgan fingerprint density at radius 2 is 1.18 bits per heavy atom. The van der Waals surface area contributed by atoms with Gasteiger partial charge in [0, 0.05) is 20.1 Å². The van der Waals surface area contributed by atoms with Crippen LogP contribution in [0.1, 0.15) is 31.2 Å². The van der Waals surface area contributed by atoms with E-state index in [0.29, 0.717) is 105 Å². The Balaban J connectivity index is 1.94. The summed E-state index contributed by atoms with van der Waals surface area (Å²) in [6.45, 7) is 6.42. The van der Waals surface area contributed by atoms with Gasteiger partial charge in [-0.1, -0.05) is 30.3 Å². The monoisotopic (exact) mass is 644 g/mol. The Morgan fingerprint density at radius 1 is 0.667 bits per heavy atom. The van der Waals surface area contributed by atoms with E-state index >= 15 is 0 Å². The van der Waals surface area contributed by atoms with Gasteiger partial charge < -0.3 is 53.3 Å². The maximum atomic E-state index is 12.3. The molecule has 0 saturated heterocycles. The molecule has 0 fully saturated rings. The molecule has 1 rings (SSSR count). The molecule has 0 saturated carbocycles. The van der Waals surface area contributed by atoms with E-state index < -0.39 is 18.1 Å². The highest BCUT2D eigenvalue weighted by Gasteiger charge is 2.21. The van der Waals surface area contributed by atoms with Crippen molar-refractivity contribution >= 4 is 18.0 Å². The fraction of sp³-hybridized carbons (Fsp3) is 0.710. The largest absolute Gasteiger partial charge is 0.467 e. The van der Waals surface area contributed by atoms with Gasteiger partial charge in [0.05, 0.1) is 93.0 Å². The number of alkyl carbamates (subject to hydrolysis) is 1. The Hall–Kier alpha value is -2.85. The van der Waals surface area contributed by atoms with Gasteiger partial charge in [0.15, 0.2) is 0 Å². The van der Waals surface area contributed by atoms with Gasteiger partial charge in [-0.2, -0.15) is 0 Å². The molecule has 2 N–H and O–H groups in total. The molecule has 1 aromatic carbocycles. The highest BCUT2D eigenvalue weighted by atomic mass is 16.6. The van der Waals surface area contributed by atoms with E-state index in [1.807, 2.05) is 30.3 Å². The van der Waals surface area contributed by atoms with Crippen LogP contribution in [0.3, 0.4) is 0 Å². The van der Waals surface area contributed by atoms with E-state index in [1.54, 1.807) is 7.11 Å². The van der Waals surface area contributed by atoms with E-state index in [9.17, 15) is 14.4 Å². The van der Waals surface area contributed by atoms with Crippen molar-refractivity contribution in [2.75, 3.05) is 107 Å². The van der Waals surface area contributed by atoms with Crippen molar-refractivity contribution in [3.05, 3.63) is 35.9 Å². The van der Waals surface area contributed by atoms with Crippen molar-refractivity contribution in [1.29, 1.82) is 0 Å². The first-order valence-electron chi connectivity index (χ1n) is 15.3. The number of hydrogen-bond acceptors (Lipinski definition) is 12. The number of rotatable bonds is 30. The number of amides is 2. The van der Waals surface area contributed by atoms with Crippen molar-refractivity contribution in [1.82, 2.24) is 10.6 Å². The van der Waals surface area contributed by atoms with Crippen molar-refractivity contribution < 1.29 is 57.0 Å². The maximum Gasteiger partial charge on any atom is 0.407 e. The Kier molecular flexibility index (Phi) is 26.6. The van der Waals surface area contributed by atoms with Gasteiger partial charge in [0.25, 0.3) is 0 Å². The molecule has 14 nitrogen and oxygen atoms in total. The molecule has 0 aliphatic carbocycles. The summed E-state index contributed by atoms with van der Waals surface area (Å²) >= 11 is 0. The third-order valence-corrected chi connectivity index (χ3v) is 5.99. The predicted octanol–water partition coefficient (Wildman–Crippen LogP) is 1.88. The summed E-state index contributed by atoms with van der Waals surface area (Å²) in [7, 11) is 2.90. The quantitative estimate of drug-likeness (QED) is 0.0927. The molecule has 45 heavy (non-hydrogen) atoms. The number of methoxy groups -OCH3 is 2. The SMILES string of the molecule is COCCOCCOCCOCCOCCOCCOCCC(=O)N[C@@H](CCCCNC(=O)OCc1ccccc1)C(=O)OC. The van der Waals surface area contributed by atoms with Crippen molar-refractivity contribution in [3.63, 3.8) is 0 Å². The van der Waals surface area contributed by atoms with Gasteiger partial charge >= 0.3 is 12.1 Å². The summed E-state index contributed by atoms with van der Waals surface area (Å²) < 4.78 is 47.3. The number of unbranched alkanes of at least 4 members (excludes halogenated alkanes) is 1. The normalized spacial score (nSPS) is 11.6. The Bertz CT molecular complexity index is 862. The zero-order chi connectivity index (χ0) is 32.6. The molecule has 0 aliphatic rings. The molecule has 0 radical (unpaired) electrons. The van der Waals surface area contributed by atoms with Crippen molar-refractivity contribution in [3.8, 4) is 0 Å². The van der Waals surface area contributed by atoms with Gasteiger partial charge in [-0.3, -0.25) is 4.79 Å². The summed E-state index contributed by atoms with van der Waals surface area (Å²) in [6.07, 6.45) is 1.16. The van der Waals surface area contributed by atoms with E-state index in [4.69, 9.17) is 42.6 Å². The third-order valence-electron chi connectivity index (χ3n) is 5.99. The van der Waals surface area contributed by atoms with Crippen LogP contribution in [-0.2, 0) is 58.8 Å². The second-order valence-electron chi connectivity index (χ2n) is 9.54. The number of carbonyl (C=O) groups excluding carboxylic acids is 3. The highest BCUT2D eigenvalue weighted by molar-refractivity contribution is 5.84. The summed E-state index contributed by atoms with van der Waals surface area (Å²) in [5.74, 6) is -0.839. The standard InChI is InChI=1S/C31H52N2O12/c1-37-14-15-40-18-19-42-22-23-44-25-24-43-21-20-41-17-16-39-13-11-29(34)33-28(30(35)38-2)10-6-7-12-32-31(36)45-26-27-8-4-3-5-9-27/h3-5,8-9,28H,6-7,10-26H2,1-2H3,(H,32,36)(H,33,34)/t28-/m0/s1. The molecule has 1 atom stereocenters. The minimum Gasteiger partial charge on any atom is -0.467 e. The van der Waals surface area contributed by atoms with Crippen LogP contribution in [0.2, 0.25) is 0 Å². The second kappa shape index (κ2) is 29.8. The minimum atomic E-state index is -0.772. The first kappa shape index (κ1) is 40.2. The minimum absolute atomic E-state index is 0.0959. The van der Waals surface area contributed by atoms with Gasteiger partial charge in [-0.15, -0.1) is 0 Å². The van der Waals surface area contributed by atoms with Crippen LogP contribution in [-0.4, -0.2) is 131 Å². The lowest BCUT2D eigenvalue weighted by molar-refractivity contribution is -0.145. The smallest absolute Gasteiger partial charge is 0.407 e. The van der Waals surface area contributed by atoms with E-state index in [-0.39, 0.29) is 25.5 Å². The fourth-order valence-electron chi connectivity index (χ4n) is 3.60. The van der Waals surface area contributed by atoms with Gasteiger partial charge in [0.1, 0.15) is 12.6 Å². The lowest BCUT2D eigenvalue weighted by Crippen LogP contribution is -2.42. The van der Waals surface area contributed by atoms with Crippen LogP contribution in [0.15, 0.2) is 30.3 Å². The molecule has 0 spiro atoms. The molecule has 0 aromatic heterocycles. The summed E-state index contributed by atoms with van der Waals surface area (Å²) in [5.41, 5.74) is 0.900. The summed E-state index contributed by atoms with van der Waals surface area (Å²) in [4.78, 5) is 36.2. The average molecular weight is 645 g/mol. The fourth-order valence-corrected chi connectivity index (χ4v) is 3.60. The Labute approximate surface area is 266 Å². The topological polar surface area (TPSA) is 158 Å². The molecule has 0 bridgehead atoms. The van der Waals surface area contributed by atoms with Crippen molar-refractivity contribution in [2.24, 2.45) is 0 Å². The number of ether oxygens (including phenoxy) is 9. The molecular weight excluding hydrogens is 592 g/mol. The lowest BCUT2D eigenvalue weighted by atomic mass is 10.1. The van der Waals surface area contributed by atoms with E-state index in [1.165, 1.54) is 7.11 Å². The van der Waals surface area contributed by atoms with Gasteiger partial charge in [-0.25, -0.2) is 9.59 Å². The van der Waals surface area contributed by atoms with Crippen LogP contribution in [0.25, 0.3) is 0 Å². The molecule has 0 aliphatic heterocycles. The Morgan fingerprint density at radius 3 is 1.69 bits per heavy atom. The number of esters is 1. The lowest BCUT2D eigenvalue weighted by Gasteiger charge is -2.16. The summed E-state index contributed by atoms with van der Waals surface area (Å²) in [6, 6.07) is 8.61. The molecule has 2 amide bonds. The number of benzene rings is 1. The molecule has 258 valence electrons. The summed E-state index contributed by atoms with van der Waals surface area (Å²) in [5, 5.41) is 5.36. The highest BCUT2D eigenvalue weighted by Crippen LogP contribution is 2.04. The molecular formula is C31H52N2O12. The van der Waals surface area contributed by atoms with Gasteiger partial charge in [-0.05, 0) is 24.8 Å². The van der Waals surface area contributed by atoms with Gasteiger partial charge in [0.2, 0.25) is 5.91 Å².